The molecule has 1 aromatic heterocycles. The maximum atomic E-state index is 4.58. The topological polar surface area (TPSA) is 29.9 Å². The molecular weight excluding hydrogens is 326 g/mol. The van der Waals surface area contributed by atoms with Gasteiger partial charge in [-0.05, 0) is 59.6 Å². The number of halogens is 1. The Hall–Kier alpha value is -2.07. The molecule has 0 amide bonds. The smallest absolute Gasteiger partial charge is 0.212 e. The molecule has 0 bridgehead atoms. The molecule has 4 heteroatoms. The molecule has 0 aliphatic heterocycles. The average Bonchev–Trinajstić information content (AvgIpc) is 2.80. The molecule has 3 aromatic rings. The van der Waals surface area contributed by atoms with E-state index in [-0.39, 0.29) is 0 Å². The fourth-order valence-electron chi connectivity index (χ4n) is 2.23. The second-order valence-electron chi connectivity index (χ2n) is 5.02. The highest BCUT2D eigenvalue weighted by molar-refractivity contribution is 9.10. The summed E-state index contributed by atoms with van der Waals surface area (Å²) >= 11 is 3.64. The van der Waals surface area contributed by atoms with Crippen LogP contribution in [0.1, 0.15) is 11.3 Å². The molecule has 1 heterocycles. The number of benzene rings is 2. The van der Waals surface area contributed by atoms with Crippen LogP contribution in [0.25, 0.3) is 5.69 Å². The van der Waals surface area contributed by atoms with Crippen LogP contribution in [0, 0.1) is 13.8 Å². The Balaban J connectivity index is 2.03. The highest BCUT2D eigenvalue weighted by Crippen LogP contribution is 2.27. The van der Waals surface area contributed by atoms with Gasteiger partial charge in [-0.3, -0.25) is 4.57 Å². The van der Waals surface area contributed by atoms with E-state index >= 15 is 0 Å². The van der Waals surface area contributed by atoms with Gasteiger partial charge in [0.05, 0.1) is 11.4 Å². The highest BCUT2D eigenvalue weighted by atomic mass is 79.9. The van der Waals surface area contributed by atoms with Gasteiger partial charge in [-0.2, -0.15) is 0 Å². The van der Waals surface area contributed by atoms with Crippen LogP contribution in [0.5, 0.6) is 0 Å². The van der Waals surface area contributed by atoms with Crippen molar-refractivity contribution in [3.8, 4) is 5.69 Å². The first kappa shape index (κ1) is 13.9. The number of para-hydroxylation sites is 1. The van der Waals surface area contributed by atoms with Crippen LogP contribution in [-0.2, 0) is 0 Å². The van der Waals surface area contributed by atoms with Gasteiger partial charge in [0.25, 0.3) is 0 Å². The molecule has 0 radical (unpaired) electrons. The third-order valence-corrected chi connectivity index (χ3v) is 3.85. The van der Waals surface area contributed by atoms with Crippen molar-refractivity contribution in [1.82, 2.24) is 9.55 Å². The standard InChI is InChI=1S/C17H16BrN3/c1-12-8-9-16(15(18)10-12)21-11-13(2)19-17(21)20-14-6-4-3-5-7-14/h3-11H,1-2H3,(H,19,20). The van der Waals surface area contributed by atoms with E-state index in [1.165, 1.54) is 5.56 Å². The summed E-state index contributed by atoms with van der Waals surface area (Å²) in [6.07, 6.45) is 2.03. The van der Waals surface area contributed by atoms with Gasteiger partial charge in [-0.1, -0.05) is 24.3 Å². The first-order chi connectivity index (χ1) is 10.1. The summed E-state index contributed by atoms with van der Waals surface area (Å²) < 4.78 is 3.11. The molecular formula is C17H16BrN3. The lowest BCUT2D eigenvalue weighted by Crippen LogP contribution is -2.01. The van der Waals surface area contributed by atoms with Crippen LogP contribution < -0.4 is 5.32 Å². The van der Waals surface area contributed by atoms with E-state index in [1.807, 2.05) is 43.5 Å². The van der Waals surface area contributed by atoms with Crippen LogP contribution in [0.2, 0.25) is 0 Å². The van der Waals surface area contributed by atoms with Crippen molar-refractivity contribution in [2.75, 3.05) is 5.32 Å². The van der Waals surface area contributed by atoms with Gasteiger partial charge in [-0.25, -0.2) is 4.98 Å². The van der Waals surface area contributed by atoms with E-state index in [0.717, 1.165) is 27.5 Å². The summed E-state index contributed by atoms with van der Waals surface area (Å²) in [7, 11) is 0. The molecule has 106 valence electrons. The van der Waals surface area contributed by atoms with E-state index in [2.05, 4.69) is 55.9 Å². The number of hydrogen-bond acceptors (Lipinski definition) is 2. The Bertz CT molecular complexity index is 763. The molecule has 2 aromatic carbocycles. The van der Waals surface area contributed by atoms with Gasteiger partial charge in [0.15, 0.2) is 0 Å². The van der Waals surface area contributed by atoms with Crippen molar-refractivity contribution in [2.45, 2.75) is 13.8 Å². The molecule has 0 atom stereocenters. The number of imidazole rings is 1. The lowest BCUT2D eigenvalue weighted by molar-refractivity contribution is 1.05. The third kappa shape index (κ3) is 3.00. The second kappa shape index (κ2) is 5.74. The Morgan fingerprint density at radius 2 is 1.81 bits per heavy atom. The van der Waals surface area contributed by atoms with Crippen molar-refractivity contribution in [1.29, 1.82) is 0 Å². The lowest BCUT2D eigenvalue weighted by Gasteiger charge is -2.12. The van der Waals surface area contributed by atoms with Crippen LogP contribution >= 0.6 is 15.9 Å². The van der Waals surface area contributed by atoms with Crippen molar-refractivity contribution in [3.05, 3.63) is 70.5 Å². The Morgan fingerprint density at radius 1 is 1.05 bits per heavy atom. The summed E-state index contributed by atoms with van der Waals surface area (Å²) in [5.74, 6) is 0.809. The SMILES string of the molecule is Cc1ccc(-n2cc(C)nc2Nc2ccccc2)c(Br)c1. The van der Waals surface area contributed by atoms with Gasteiger partial charge in [0.1, 0.15) is 0 Å². The predicted octanol–water partition coefficient (Wildman–Crippen LogP) is 5.00. The molecule has 0 spiro atoms. The van der Waals surface area contributed by atoms with Crippen molar-refractivity contribution < 1.29 is 0 Å². The van der Waals surface area contributed by atoms with E-state index < -0.39 is 0 Å². The van der Waals surface area contributed by atoms with Gasteiger partial charge >= 0.3 is 0 Å². The summed E-state index contributed by atoms with van der Waals surface area (Å²) in [6, 6.07) is 16.4. The molecule has 3 nitrogen and oxygen atoms in total. The second-order valence-corrected chi connectivity index (χ2v) is 5.88. The van der Waals surface area contributed by atoms with E-state index in [0.29, 0.717) is 0 Å². The number of anilines is 2. The minimum atomic E-state index is 0.809. The maximum absolute atomic E-state index is 4.58. The Labute approximate surface area is 132 Å². The Kier molecular flexibility index (Phi) is 3.80. The van der Waals surface area contributed by atoms with Crippen molar-refractivity contribution in [2.24, 2.45) is 0 Å². The zero-order chi connectivity index (χ0) is 14.8. The molecule has 0 aliphatic carbocycles. The molecule has 1 N–H and O–H groups in total. The first-order valence-electron chi connectivity index (χ1n) is 6.78. The molecule has 0 saturated carbocycles. The fraction of sp³-hybridized carbons (Fsp3) is 0.118. The van der Waals surface area contributed by atoms with Gasteiger partial charge in [-0.15, -0.1) is 0 Å². The molecule has 0 saturated heterocycles. The molecule has 3 rings (SSSR count). The normalized spacial score (nSPS) is 10.6. The highest BCUT2D eigenvalue weighted by Gasteiger charge is 2.10. The first-order valence-corrected chi connectivity index (χ1v) is 7.57. The molecule has 0 unspecified atom stereocenters. The molecule has 21 heavy (non-hydrogen) atoms. The van der Waals surface area contributed by atoms with Gasteiger partial charge in [0.2, 0.25) is 5.95 Å². The van der Waals surface area contributed by atoms with Crippen LogP contribution in [0.4, 0.5) is 11.6 Å². The number of aromatic nitrogens is 2. The summed E-state index contributed by atoms with van der Waals surface area (Å²) in [6.45, 7) is 4.07. The molecule has 0 aliphatic rings. The van der Waals surface area contributed by atoms with Gasteiger partial charge < -0.3 is 5.32 Å². The van der Waals surface area contributed by atoms with Crippen LogP contribution in [0.15, 0.2) is 59.2 Å². The number of nitrogens with zero attached hydrogens (tertiary/aromatic N) is 2. The van der Waals surface area contributed by atoms with Crippen molar-refractivity contribution in [3.63, 3.8) is 0 Å². The summed E-state index contributed by atoms with van der Waals surface area (Å²) in [5, 5.41) is 3.36. The Morgan fingerprint density at radius 3 is 2.52 bits per heavy atom. The lowest BCUT2D eigenvalue weighted by atomic mass is 10.2. The zero-order valence-electron chi connectivity index (χ0n) is 12.0. The minimum absolute atomic E-state index is 0.809. The summed E-state index contributed by atoms with van der Waals surface area (Å²) in [4.78, 5) is 4.58. The largest absolute Gasteiger partial charge is 0.325 e. The number of nitrogens with one attached hydrogen (secondary N) is 1. The third-order valence-electron chi connectivity index (χ3n) is 3.22. The zero-order valence-corrected chi connectivity index (χ0v) is 13.6. The maximum Gasteiger partial charge on any atom is 0.212 e. The fourth-order valence-corrected chi connectivity index (χ4v) is 2.91. The quantitative estimate of drug-likeness (QED) is 0.726. The number of hydrogen-bond donors (Lipinski definition) is 1. The monoisotopic (exact) mass is 341 g/mol. The van der Waals surface area contributed by atoms with Crippen LogP contribution in [-0.4, -0.2) is 9.55 Å². The van der Waals surface area contributed by atoms with Crippen molar-refractivity contribution >= 4 is 27.6 Å². The minimum Gasteiger partial charge on any atom is -0.325 e. The van der Waals surface area contributed by atoms with E-state index in [4.69, 9.17) is 0 Å². The average molecular weight is 342 g/mol. The van der Waals surface area contributed by atoms with E-state index in [1.54, 1.807) is 0 Å². The molecule has 0 fully saturated rings. The number of aryl methyl sites for hydroxylation is 2. The van der Waals surface area contributed by atoms with E-state index in [9.17, 15) is 0 Å². The van der Waals surface area contributed by atoms with Gasteiger partial charge in [0, 0.05) is 16.4 Å². The summed E-state index contributed by atoms with van der Waals surface area (Å²) in [5.41, 5.74) is 4.29. The predicted molar refractivity (Wildman–Crippen MR) is 90.5 cm³/mol. The van der Waals surface area contributed by atoms with Crippen LogP contribution in [0.3, 0.4) is 0 Å². The number of rotatable bonds is 3.